The Morgan fingerprint density at radius 3 is 2.64 bits per heavy atom. The smallest absolute Gasteiger partial charge is 0.306 e. The van der Waals surface area contributed by atoms with E-state index in [1.54, 1.807) is 14.0 Å². The lowest BCUT2D eigenvalue weighted by molar-refractivity contribution is -0.141. The van der Waals surface area contributed by atoms with Crippen molar-refractivity contribution in [2.24, 2.45) is 5.92 Å². The van der Waals surface area contributed by atoms with E-state index in [0.717, 1.165) is 36.3 Å². The Hall–Kier alpha value is -3.38. The summed E-state index contributed by atoms with van der Waals surface area (Å²) in [5.41, 5.74) is 6.97. The van der Waals surface area contributed by atoms with E-state index in [1.165, 1.54) is 41.5 Å². The number of piperidine rings is 1. The number of hydrogen-bond donors (Lipinski definition) is 1. The van der Waals surface area contributed by atoms with Crippen LogP contribution in [0.4, 0.5) is 0 Å². The van der Waals surface area contributed by atoms with E-state index in [9.17, 15) is 9.90 Å². The van der Waals surface area contributed by atoms with E-state index >= 15 is 0 Å². The number of aliphatic carboxylic acids is 1. The minimum atomic E-state index is -0.775. The standard InChI is InChI=1S/C33H40N2O4/c1-21(33(36)37)16-24-8-9-25-11-13-30(39-31(25)17-24)27-10-12-29(26-14-15-34-32(19-26)38-4)28(18-27)20-35-22(2)6-5-7-23(35)3/h8-10,12,14-15,17-19,21-23,30H,5-7,11,13,16,20H2,1-4H3,(H,36,37)/t21?,22?,23?,30-/m0/s1. The van der Waals surface area contributed by atoms with Crippen molar-refractivity contribution in [3.05, 3.63) is 77.0 Å². The van der Waals surface area contributed by atoms with Gasteiger partial charge in [-0.3, -0.25) is 9.69 Å². The number of rotatable bonds is 8. The zero-order valence-electron chi connectivity index (χ0n) is 23.5. The molecule has 4 atom stereocenters. The summed E-state index contributed by atoms with van der Waals surface area (Å²) in [6, 6.07) is 18.1. The van der Waals surface area contributed by atoms with Gasteiger partial charge < -0.3 is 14.6 Å². The van der Waals surface area contributed by atoms with Gasteiger partial charge >= 0.3 is 5.97 Å². The second-order valence-electron chi connectivity index (χ2n) is 11.3. The lowest BCUT2D eigenvalue weighted by atomic mass is 9.90. The summed E-state index contributed by atoms with van der Waals surface area (Å²) in [6.45, 7) is 7.32. The van der Waals surface area contributed by atoms with Crippen molar-refractivity contribution >= 4 is 5.97 Å². The predicted octanol–water partition coefficient (Wildman–Crippen LogP) is 6.85. The van der Waals surface area contributed by atoms with Crippen molar-refractivity contribution < 1.29 is 19.4 Å². The normalized spacial score (nSPS) is 22.0. The fourth-order valence-electron chi connectivity index (χ4n) is 6.11. The Morgan fingerprint density at radius 2 is 1.90 bits per heavy atom. The van der Waals surface area contributed by atoms with Gasteiger partial charge in [0.25, 0.3) is 0 Å². The van der Waals surface area contributed by atoms with Gasteiger partial charge in [0.15, 0.2) is 0 Å². The fraction of sp³-hybridized carbons (Fsp3) is 0.455. The molecule has 0 amide bonds. The minimum absolute atomic E-state index is 0.0411. The summed E-state index contributed by atoms with van der Waals surface area (Å²) in [5.74, 6) is 0.291. The topological polar surface area (TPSA) is 71.9 Å². The van der Waals surface area contributed by atoms with E-state index in [2.05, 4.69) is 54.1 Å². The molecular formula is C33H40N2O4. The van der Waals surface area contributed by atoms with Gasteiger partial charge in [-0.2, -0.15) is 0 Å². The van der Waals surface area contributed by atoms with Crippen molar-refractivity contribution in [3.63, 3.8) is 0 Å². The van der Waals surface area contributed by atoms with Gasteiger partial charge in [0, 0.05) is 30.9 Å². The van der Waals surface area contributed by atoms with Crippen LogP contribution in [0.25, 0.3) is 11.1 Å². The van der Waals surface area contributed by atoms with Crippen molar-refractivity contribution in [1.82, 2.24) is 9.88 Å². The van der Waals surface area contributed by atoms with Gasteiger partial charge in [0.2, 0.25) is 5.88 Å². The van der Waals surface area contributed by atoms with Crippen LogP contribution in [0, 0.1) is 5.92 Å². The average Bonchev–Trinajstić information content (AvgIpc) is 2.94. The van der Waals surface area contributed by atoms with Gasteiger partial charge in [0.1, 0.15) is 11.9 Å². The summed E-state index contributed by atoms with van der Waals surface area (Å²) < 4.78 is 12.0. The maximum atomic E-state index is 11.4. The first kappa shape index (κ1) is 27.2. The van der Waals surface area contributed by atoms with Crippen molar-refractivity contribution in [1.29, 1.82) is 0 Å². The van der Waals surface area contributed by atoms with Crippen LogP contribution >= 0.6 is 0 Å². The van der Waals surface area contributed by atoms with Crippen LogP contribution in [0.15, 0.2) is 54.7 Å². The van der Waals surface area contributed by atoms with Gasteiger partial charge in [0.05, 0.1) is 13.0 Å². The molecule has 2 aromatic carbocycles. The van der Waals surface area contributed by atoms with Gasteiger partial charge in [-0.15, -0.1) is 0 Å². The first-order valence-electron chi connectivity index (χ1n) is 14.2. The molecule has 1 N–H and O–H groups in total. The number of aromatic nitrogens is 1. The molecule has 1 aromatic heterocycles. The molecule has 0 radical (unpaired) electrons. The fourth-order valence-corrected chi connectivity index (χ4v) is 6.11. The highest BCUT2D eigenvalue weighted by Crippen LogP contribution is 2.38. The van der Waals surface area contributed by atoms with Crippen molar-refractivity contribution in [2.45, 2.75) is 84.0 Å². The third kappa shape index (κ3) is 6.11. The summed E-state index contributed by atoms with van der Waals surface area (Å²) >= 11 is 0. The number of fused-ring (bicyclic) bond motifs is 1. The monoisotopic (exact) mass is 528 g/mol. The van der Waals surface area contributed by atoms with E-state index in [1.807, 2.05) is 24.4 Å². The molecule has 206 valence electrons. The summed E-state index contributed by atoms with van der Waals surface area (Å²) in [6.07, 6.45) is 7.86. The van der Waals surface area contributed by atoms with Crippen LogP contribution in [0.2, 0.25) is 0 Å². The number of carbonyl (C=O) groups is 1. The van der Waals surface area contributed by atoms with Crippen LogP contribution in [-0.2, 0) is 24.2 Å². The van der Waals surface area contributed by atoms with Crippen LogP contribution in [0.1, 0.15) is 74.8 Å². The predicted molar refractivity (Wildman–Crippen MR) is 153 cm³/mol. The lowest BCUT2D eigenvalue weighted by Crippen LogP contribution is -2.43. The van der Waals surface area contributed by atoms with E-state index in [-0.39, 0.29) is 6.10 Å². The molecule has 39 heavy (non-hydrogen) atoms. The number of carboxylic acids is 1. The molecule has 2 aliphatic rings. The average molecular weight is 529 g/mol. The number of ether oxygens (including phenoxy) is 2. The maximum Gasteiger partial charge on any atom is 0.306 e. The van der Waals surface area contributed by atoms with Crippen LogP contribution in [0.5, 0.6) is 11.6 Å². The minimum Gasteiger partial charge on any atom is -0.485 e. The zero-order chi connectivity index (χ0) is 27.5. The van der Waals surface area contributed by atoms with E-state index in [0.29, 0.717) is 24.4 Å². The SMILES string of the molecule is COc1cc(-c2ccc([C@@H]3CCc4ccc(CC(C)C(=O)O)cc4O3)cc2CN2C(C)CCCC2C)ccn1. The molecular weight excluding hydrogens is 488 g/mol. The maximum absolute atomic E-state index is 11.4. The highest BCUT2D eigenvalue weighted by molar-refractivity contribution is 5.70. The molecule has 6 heteroatoms. The highest BCUT2D eigenvalue weighted by atomic mass is 16.5. The van der Waals surface area contributed by atoms with Crippen molar-refractivity contribution in [2.75, 3.05) is 7.11 Å². The second kappa shape index (κ2) is 11.8. The molecule has 3 unspecified atom stereocenters. The number of benzene rings is 2. The Balaban J connectivity index is 1.46. The molecule has 0 saturated carbocycles. The number of pyridine rings is 1. The molecule has 3 heterocycles. The summed E-state index contributed by atoms with van der Waals surface area (Å²) in [7, 11) is 1.65. The number of aryl methyl sites for hydroxylation is 1. The molecule has 3 aromatic rings. The van der Waals surface area contributed by atoms with E-state index in [4.69, 9.17) is 9.47 Å². The molecule has 0 spiro atoms. The lowest BCUT2D eigenvalue weighted by Gasteiger charge is -2.39. The molecule has 0 bridgehead atoms. The van der Waals surface area contributed by atoms with Gasteiger partial charge in [-0.05, 0) is 91.5 Å². The Morgan fingerprint density at radius 1 is 1.10 bits per heavy atom. The first-order chi connectivity index (χ1) is 18.8. The zero-order valence-corrected chi connectivity index (χ0v) is 23.5. The highest BCUT2D eigenvalue weighted by Gasteiger charge is 2.27. The Kier molecular flexibility index (Phi) is 8.22. The van der Waals surface area contributed by atoms with Gasteiger partial charge in [-0.25, -0.2) is 4.98 Å². The molecule has 5 rings (SSSR count). The quantitative estimate of drug-likeness (QED) is 0.345. The number of carboxylic acid groups (broad SMARTS) is 1. The van der Waals surface area contributed by atoms with E-state index < -0.39 is 11.9 Å². The molecule has 0 aliphatic carbocycles. The van der Waals surface area contributed by atoms with Crippen LogP contribution in [-0.4, -0.2) is 40.2 Å². The summed E-state index contributed by atoms with van der Waals surface area (Å²) in [4.78, 5) is 18.3. The number of nitrogens with zero attached hydrogens (tertiary/aromatic N) is 2. The Bertz CT molecular complexity index is 1310. The number of hydrogen-bond acceptors (Lipinski definition) is 5. The molecule has 6 nitrogen and oxygen atoms in total. The first-order valence-corrected chi connectivity index (χ1v) is 14.2. The summed E-state index contributed by atoms with van der Waals surface area (Å²) in [5, 5.41) is 9.34. The second-order valence-corrected chi connectivity index (χ2v) is 11.3. The Labute approximate surface area is 232 Å². The van der Waals surface area contributed by atoms with Crippen LogP contribution < -0.4 is 9.47 Å². The largest absolute Gasteiger partial charge is 0.485 e. The van der Waals surface area contributed by atoms with Gasteiger partial charge in [-0.1, -0.05) is 43.7 Å². The third-order valence-corrected chi connectivity index (χ3v) is 8.53. The number of likely N-dealkylation sites (tertiary alicyclic amines) is 1. The van der Waals surface area contributed by atoms with Crippen LogP contribution in [0.3, 0.4) is 0 Å². The molecule has 1 fully saturated rings. The van der Waals surface area contributed by atoms with Crippen molar-refractivity contribution in [3.8, 4) is 22.8 Å². The molecule has 2 aliphatic heterocycles. The third-order valence-electron chi connectivity index (χ3n) is 8.53. The molecule has 1 saturated heterocycles. The number of methoxy groups -OCH3 is 1.